The second-order valence-electron chi connectivity index (χ2n) is 4.82. The summed E-state index contributed by atoms with van der Waals surface area (Å²) in [7, 11) is 0. The van der Waals surface area contributed by atoms with Gasteiger partial charge in [-0.15, -0.1) is 10.2 Å². The van der Waals surface area contributed by atoms with E-state index >= 15 is 0 Å². The highest BCUT2D eigenvalue weighted by Gasteiger charge is 2.21. The average molecular weight is 320 g/mol. The first-order chi connectivity index (χ1) is 10.2. The van der Waals surface area contributed by atoms with E-state index in [2.05, 4.69) is 26.1 Å². The first-order valence-electron chi connectivity index (χ1n) is 6.63. The van der Waals surface area contributed by atoms with E-state index in [-0.39, 0.29) is 0 Å². The van der Waals surface area contributed by atoms with Crippen LogP contribution in [0.25, 0.3) is 0 Å². The Morgan fingerprint density at radius 2 is 1.76 bits per heavy atom. The maximum Gasteiger partial charge on any atom is 0.170 e. The normalized spacial score (nSPS) is 13.6. The van der Waals surface area contributed by atoms with Gasteiger partial charge in [-0.1, -0.05) is 11.6 Å². The van der Waals surface area contributed by atoms with Gasteiger partial charge in [0.2, 0.25) is 0 Å². The molecule has 0 aliphatic heterocycles. The van der Waals surface area contributed by atoms with Gasteiger partial charge < -0.3 is 16.0 Å². The maximum atomic E-state index is 5.70. The average Bonchev–Trinajstić information content (AvgIpc) is 3.27. The van der Waals surface area contributed by atoms with E-state index in [1.54, 1.807) is 12.1 Å². The van der Waals surface area contributed by atoms with E-state index in [9.17, 15) is 0 Å². The number of nitrogens with one attached hydrogen (secondary N) is 3. The van der Waals surface area contributed by atoms with Crippen molar-refractivity contribution in [1.29, 1.82) is 0 Å². The van der Waals surface area contributed by atoms with Crippen molar-refractivity contribution in [1.82, 2.24) is 15.5 Å². The van der Waals surface area contributed by atoms with Crippen molar-refractivity contribution in [2.75, 3.05) is 10.6 Å². The molecule has 0 radical (unpaired) electrons. The van der Waals surface area contributed by atoms with Crippen LogP contribution in [0.4, 0.5) is 17.2 Å². The fourth-order valence-electron chi connectivity index (χ4n) is 1.75. The Balaban J connectivity index is 1.58. The third-order valence-electron chi connectivity index (χ3n) is 2.96. The summed E-state index contributed by atoms with van der Waals surface area (Å²) >= 11 is 10.9. The number of hydrogen-bond acceptors (Lipinski definition) is 4. The maximum absolute atomic E-state index is 5.70. The number of thiocarbonyl (C=S) groups is 1. The molecule has 1 heterocycles. The minimum absolute atomic E-state index is 0.372. The molecule has 0 saturated heterocycles. The van der Waals surface area contributed by atoms with E-state index in [1.807, 2.05) is 24.3 Å². The minimum Gasteiger partial charge on any atom is -0.360 e. The van der Waals surface area contributed by atoms with Gasteiger partial charge in [0.05, 0.1) is 0 Å². The molecule has 1 aromatic carbocycles. The Bertz CT molecular complexity index is 625. The fraction of sp³-hybridized carbons (Fsp3) is 0.214. The zero-order valence-corrected chi connectivity index (χ0v) is 12.7. The third-order valence-corrected chi connectivity index (χ3v) is 3.38. The highest BCUT2D eigenvalue weighted by atomic mass is 35.5. The monoisotopic (exact) mass is 319 g/mol. The predicted molar refractivity (Wildman–Crippen MR) is 89.1 cm³/mol. The van der Waals surface area contributed by atoms with Crippen molar-refractivity contribution in [3.63, 3.8) is 0 Å². The summed E-state index contributed by atoms with van der Waals surface area (Å²) in [5.74, 6) is 0.644. The Kier molecular flexibility index (Phi) is 4.17. The van der Waals surface area contributed by atoms with Gasteiger partial charge in [-0.3, -0.25) is 0 Å². The molecular formula is C14H14ClN5S. The molecule has 2 aromatic rings. The molecule has 0 amide bonds. The van der Waals surface area contributed by atoms with Gasteiger partial charge in [0.15, 0.2) is 16.1 Å². The highest BCUT2D eigenvalue weighted by molar-refractivity contribution is 7.80. The molecule has 5 nitrogen and oxygen atoms in total. The van der Waals surface area contributed by atoms with Gasteiger partial charge in [0.1, 0.15) is 0 Å². The molecule has 1 saturated carbocycles. The Morgan fingerprint density at radius 3 is 2.38 bits per heavy atom. The highest BCUT2D eigenvalue weighted by Crippen LogP contribution is 2.20. The predicted octanol–water partition coefficient (Wildman–Crippen LogP) is 3.32. The van der Waals surface area contributed by atoms with Gasteiger partial charge in [0, 0.05) is 17.4 Å². The van der Waals surface area contributed by atoms with E-state index in [1.165, 1.54) is 12.8 Å². The van der Waals surface area contributed by atoms with Crippen molar-refractivity contribution in [2.45, 2.75) is 18.9 Å². The number of anilines is 3. The SMILES string of the molecule is S=C(Nc1ccc(Nc2ccc(Cl)nn2)cc1)NC1CC1. The molecule has 0 atom stereocenters. The number of nitrogens with zero attached hydrogens (tertiary/aromatic N) is 2. The van der Waals surface area contributed by atoms with Crippen LogP contribution < -0.4 is 16.0 Å². The molecule has 3 N–H and O–H groups in total. The molecule has 1 fully saturated rings. The van der Waals surface area contributed by atoms with Crippen LogP contribution in [-0.4, -0.2) is 21.4 Å². The number of aromatic nitrogens is 2. The van der Waals surface area contributed by atoms with Gasteiger partial charge >= 0.3 is 0 Å². The second-order valence-corrected chi connectivity index (χ2v) is 5.61. The third kappa shape index (κ3) is 4.27. The molecule has 108 valence electrons. The standard InChI is InChI=1S/C14H14ClN5S/c15-12-7-8-13(20-19-12)16-9-1-3-10(4-2-9)17-14(21)18-11-5-6-11/h1-4,7-8,11H,5-6H2,(H,16,20)(H2,17,18,21). The lowest BCUT2D eigenvalue weighted by atomic mass is 10.3. The fourth-order valence-corrected chi connectivity index (χ4v) is 2.13. The van der Waals surface area contributed by atoms with Gasteiger partial charge in [0.25, 0.3) is 0 Å². The van der Waals surface area contributed by atoms with E-state index in [4.69, 9.17) is 23.8 Å². The number of rotatable bonds is 4. The van der Waals surface area contributed by atoms with Crippen LogP contribution in [0.1, 0.15) is 12.8 Å². The smallest absolute Gasteiger partial charge is 0.170 e. The lowest BCUT2D eigenvalue weighted by molar-refractivity contribution is 0.919. The summed E-state index contributed by atoms with van der Waals surface area (Å²) in [5, 5.41) is 18.3. The Morgan fingerprint density at radius 1 is 1.05 bits per heavy atom. The van der Waals surface area contributed by atoms with Crippen molar-refractivity contribution in [2.24, 2.45) is 0 Å². The van der Waals surface area contributed by atoms with Crippen molar-refractivity contribution >= 4 is 46.1 Å². The van der Waals surface area contributed by atoms with Crippen LogP contribution in [0.15, 0.2) is 36.4 Å². The lowest BCUT2D eigenvalue weighted by Gasteiger charge is -2.10. The van der Waals surface area contributed by atoms with Crippen LogP contribution in [0.5, 0.6) is 0 Å². The molecule has 0 unspecified atom stereocenters. The first kappa shape index (κ1) is 14.0. The van der Waals surface area contributed by atoms with Gasteiger partial charge in [-0.25, -0.2) is 0 Å². The number of hydrogen-bond donors (Lipinski definition) is 3. The quantitative estimate of drug-likeness (QED) is 0.751. The van der Waals surface area contributed by atoms with Crippen LogP contribution >= 0.6 is 23.8 Å². The summed E-state index contributed by atoms with van der Waals surface area (Å²) in [6.07, 6.45) is 2.40. The summed E-state index contributed by atoms with van der Waals surface area (Å²) < 4.78 is 0. The van der Waals surface area contributed by atoms with Crippen LogP contribution in [0.3, 0.4) is 0 Å². The summed E-state index contributed by atoms with van der Waals surface area (Å²) in [4.78, 5) is 0. The molecule has 3 rings (SSSR count). The van der Waals surface area contributed by atoms with Crippen molar-refractivity contribution in [3.05, 3.63) is 41.6 Å². The van der Waals surface area contributed by atoms with Crippen LogP contribution in [0, 0.1) is 0 Å². The lowest BCUT2D eigenvalue weighted by Crippen LogP contribution is -2.30. The van der Waals surface area contributed by atoms with Crippen LogP contribution in [-0.2, 0) is 0 Å². The molecule has 1 aliphatic carbocycles. The molecule has 0 bridgehead atoms. The molecule has 1 aliphatic rings. The second kappa shape index (κ2) is 6.24. The molecule has 0 spiro atoms. The summed E-state index contributed by atoms with van der Waals surface area (Å²) in [5.41, 5.74) is 1.86. The van der Waals surface area contributed by atoms with Gasteiger partial charge in [-0.05, 0) is 61.5 Å². The number of benzene rings is 1. The minimum atomic E-state index is 0.372. The molecule has 1 aromatic heterocycles. The van der Waals surface area contributed by atoms with Crippen LogP contribution in [0.2, 0.25) is 5.15 Å². The van der Waals surface area contributed by atoms with Crippen molar-refractivity contribution < 1.29 is 0 Å². The van der Waals surface area contributed by atoms with E-state index in [0.29, 0.717) is 22.1 Å². The number of halogens is 1. The first-order valence-corrected chi connectivity index (χ1v) is 7.41. The zero-order valence-electron chi connectivity index (χ0n) is 11.1. The topological polar surface area (TPSA) is 61.9 Å². The Labute approximate surface area is 133 Å². The molecule has 21 heavy (non-hydrogen) atoms. The van der Waals surface area contributed by atoms with E-state index in [0.717, 1.165) is 11.4 Å². The molecular weight excluding hydrogens is 306 g/mol. The largest absolute Gasteiger partial charge is 0.360 e. The Hall–Kier alpha value is -1.92. The molecule has 7 heteroatoms. The van der Waals surface area contributed by atoms with E-state index < -0.39 is 0 Å². The zero-order chi connectivity index (χ0) is 14.7. The van der Waals surface area contributed by atoms with Crippen molar-refractivity contribution in [3.8, 4) is 0 Å². The summed E-state index contributed by atoms with van der Waals surface area (Å²) in [6, 6.07) is 11.8. The summed E-state index contributed by atoms with van der Waals surface area (Å²) in [6.45, 7) is 0. The van der Waals surface area contributed by atoms with Gasteiger partial charge in [-0.2, -0.15) is 0 Å².